The zero-order valence-electron chi connectivity index (χ0n) is 16.7. The lowest BCUT2D eigenvalue weighted by Gasteiger charge is -2.17. The van der Waals surface area contributed by atoms with Gasteiger partial charge in [-0.1, -0.05) is 17.7 Å². The summed E-state index contributed by atoms with van der Waals surface area (Å²) in [5.41, 5.74) is 1.85. The van der Waals surface area contributed by atoms with Crippen molar-refractivity contribution in [2.45, 2.75) is 26.7 Å². The van der Waals surface area contributed by atoms with Gasteiger partial charge >= 0.3 is 0 Å². The lowest BCUT2D eigenvalue weighted by atomic mass is 10.2. The van der Waals surface area contributed by atoms with E-state index in [1.54, 1.807) is 7.05 Å². The molecule has 0 saturated heterocycles. The highest BCUT2D eigenvalue weighted by Crippen LogP contribution is 2.17. The van der Waals surface area contributed by atoms with Crippen LogP contribution in [0.3, 0.4) is 0 Å². The number of hydrogen-bond acceptors (Lipinski definition) is 4. The molecule has 0 spiro atoms. The van der Waals surface area contributed by atoms with Crippen molar-refractivity contribution in [2.24, 2.45) is 0 Å². The molecule has 28 heavy (non-hydrogen) atoms. The molecule has 0 radical (unpaired) electrons. The molecule has 0 aliphatic heterocycles. The number of ether oxygens (including phenoxy) is 2. The van der Waals surface area contributed by atoms with Crippen molar-refractivity contribution in [1.82, 2.24) is 4.90 Å². The summed E-state index contributed by atoms with van der Waals surface area (Å²) in [6.45, 7) is 5.00. The van der Waals surface area contributed by atoms with Gasteiger partial charge in [-0.25, -0.2) is 0 Å². The molecule has 2 rings (SSSR count). The molecule has 150 valence electrons. The fourth-order valence-corrected chi connectivity index (χ4v) is 2.54. The predicted molar refractivity (Wildman–Crippen MR) is 110 cm³/mol. The molecule has 0 aliphatic carbocycles. The second-order valence-corrected chi connectivity index (χ2v) is 6.52. The fraction of sp³-hybridized carbons (Fsp3) is 0.364. The summed E-state index contributed by atoms with van der Waals surface area (Å²) < 4.78 is 11.0. The first-order valence-corrected chi connectivity index (χ1v) is 9.44. The number of benzene rings is 2. The minimum Gasteiger partial charge on any atom is -0.494 e. The Kier molecular flexibility index (Phi) is 8.34. The number of carbonyl (C=O) groups excluding carboxylic acids is 2. The molecule has 2 aromatic carbocycles. The van der Waals surface area contributed by atoms with Crippen LogP contribution in [0.5, 0.6) is 11.5 Å². The molecule has 2 aromatic rings. The SMILES string of the molecule is CCOc1ccc(OCCCC(=O)N(C)CC(=O)Nc2ccc(C)cc2)cc1. The van der Waals surface area contributed by atoms with Crippen LogP contribution in [-0.2, 0) is 9.59 Å². The molecular weight excluding hydrogens is 356 g/mol. The van der Waals surface area contributed by atoms with Gasteiger partial charge in [-0.15, -0.1) is 0 Å². The van der Waals surface area contributed by atoms with E-state index in [9.17, 15) is 9.59 Å². The highest BCUT2D eigenvalue weighted by Gasteiger charge is 2.13. The van der Waals surface area contributed by atoms with Gasteiger partial charge in [0.25, 0.3) is 0 Å². The summed E-state index contributed by atoms with van der Waals surface area (Å²) in [7, 11) is 1.63. The molecule has 0 unspecified atom stereocenters. The van der Waals surface area contributed by atoms with Gasteiger partial charge < -0.3 is 19.7 Å². The summed E-state index contributed by atoms with van der Waals surface area (Å²) in [6.07, 6.45) is 0.904. The van der Waals surface area contributed by atoms with E-state index >= 15 is 0 Å². The molecule has 0 aliphatic rings. The zero-order chi connectivity index (χ0) is 20.4. The van der Waals surface area contributed by atoms with Crippen LogP contribution in [0.15, 0.2) is 48.5 Å². The smallest absolute Gasteiger partial charge is 0.243 e. The summed E-state index contributed by atoms with van der Waals surface area (Å²) in [5.74, 6) is 1.23. The largest absolute Gasteiger partial charge is 0.494 e. The van der Waals surface area contributed by atoms with Gasteiger partial charge in [0, 0.05) is 19.2 Å². The number of nitrogens with zero attached hydrogens (tertiary/aromatic N) is 1. The Morgan fingerprint density at radius 3 is 2.18 bits per heavy atom. The molecule has 0 aromatic heterocycles. The van der Waals surface area contributed by atoms with Crippen molar-refractivity contribution in [3.05, 3.63) is 54.1 Å². The van der Waals surface area contributed by atoms with E-state index in [1.807, 2.05) is 62.4 Å². The number of likely N-dealkylation sites (N-methyl/N-ethyl adjacent to an activating group) is 1. The van der Waals surface area contributed by atoms with E-state index in [4.69, 9.17) is 9.47 Å². The van der Waals surface area contributed by atoms with Gasteiger partial charge in [0.2, 0.25) is 11.8 Å². The number of carbonyl (C=O) groups is 2. The summed E-state index contributed by atoms with van der Waals surface area (Å²) in [5, 5.41) is 2.79. The molecule has 0 saturated carbocycles. The first-order chi connectivity index (χ1) is 13.5. The molecule has 0 heterocycles. The Bertz CT molecular complexity index is 757. The van der Waals surface area contributed by atoms with E-state index < -0.39 is 0 Å². The minimum atomic E-state index is -0.217. The number of rotatable bonds is 10. The van der Waals surface area contributed by atoms with Crippen molar-refractivity contribution in [3.8, 4) is 11.5 Å². The summed E-state index contributed by atoms with van der Waals surface area (Å²) >= 11 is 0. The normalized spacial score (nSPS) is 10.2. The molecule has 0 atom stereocenters. The molecule has 2 amide bonds. The third kappa shape index (κ3) is 7.31. The highest BCUT2D eigenvalue weighted by atomic mass is 16.5. The van der Waals surface area contributed by atoms with Crippen LogP contribution in [-0.4, -0.2) is 43.5 Å². The van der Waals surface area contributed by atoms with Gasteiger partial charge in [-0.3, -0.25) is 9.59 Å². The Morgan fingerprint density at radius 1 is 0.964 bits per heavy atom. The molecular formula is C22H28N2O4. The second-order valence-electron chi connectivity index (χ2n) is 6.52. The second kappa shape index (κ2) is 11.0. The Balaban J connectivity index is 1.66. The van der Waals surface area contributed by atoms with E-state index in [2.05, 4.69) is 5.32 Å². The lowest BCUT2D eigenvalue weighted by molar-refractivity contribution is -0.133. The number of hydrogen-bond donors (Lipinski definition) is 1. The molecule has 1 N–H and O–H groups in total. The monoisotopic (exact) mass is 384 g/mol. The number of aryl methyl sites for hydroxylation is 1. The van der Waals surface area contributed by atoms with Crippen molar-refractivity contribution >= 4 is 17.5 Å². The van der Waals surface area contributed by atoms with Crippen LogP contribution in [0.4, 0.5) is 5.69 Å². The lowest BCUT2D eigenvalue weighted by Crippen LogP contribution is -2.34. The number of nitrogens with one attached hydrogen (secondary N) is 1. The quantitative estimate of drug-likeness (QED) is 0.635. The maximum absolute atomic E-state index is 12.2. The fourth-order valence-electron chi connectivity index (χ4n) is 2.54. The number of amides is 2. The van der Waals surface area contributed by atoms with E-state index in [0.29, 0.717) is 26.1 Å². The Labute approximate surface area is 166 Å². The molecule has 6 nitrogen and oxygen atoms in total. The zero-order valence-corrected chi connectivity index (χ0v) is 16.7. The Morgan fingerprint density at radius 2 is 1.57 bits per heavy atom. The van der Waals surface area contributed by atoms with E-state index in [-0.39, 0.29) is 18.4 Å². The standard InChI is InChI=1S/C22H28N2O4/c1-4-27-19-11-13-20(14-12-19)28-15-5-6-22(26)24(3)16-21(25)23-18-9-7-17(2)8-10-18/h7-14H,4-6,15-16H2,1-3H3,(H,23,25). The van der Waals surface area contributed by atoms with Gasteiger partial charge in [-0.2, -0.15) is 0 Å². The topological polar surface area (TPSA) is 67.9 Å². The highest BCUT2D eigenvalue weighted by molar-refractivity contribution is 5.94. The number of anilines is 1. The van der Waals surface area contributed by atoms with Crippen LogP contribution in [0.25, 0.3) is 0 Å². The van der Waals surface area contributed by atoms with Gasteiger partial charge in [0.1, 0.15) is 11.5 Å². The van der Waals surface area contributed by atoms with Gasteiger partial charge in [-0.05, 0) is 56.7 Å². The Hall–Kier alpha value is -3.02. The average Bonchev–Trinajstić information content (AvgIpc) is 2.68. The molecule has 0 fully saturated rings. The summed E-state index contributed by atoms with van der Waals surface area (Å²) in [6, 6.07) is 14.9. The summed E-state index contributed by atoms with van der Waals surface area (Å²) in [4.78, 5) is 25.7. The molecule has 0 bridgehead atoms. The van der Waals surface area contributed by atoms with E-state index in [0.717, 1.165) is 22.7 Å². The maximum Gasteiger partial charge on any atom is 0.243 e. The van der Waals surface area contributed by atoms with E-state index in [1.165, 1.54) is 4.90 Å². The third-order valence-corrected chi connectivity index (χ3v) is 4.08. The van der Waals surface area contributed by atoms with Gasteiger partial charge in [0.05, 0.1) is 19.8 Å². The van der Waals surface area contributed by atoms with Crippen molar-refractivity contribution < 1.29 is 19.1 Å². The van der Waals surface area contributed by atoms with Crippen molar-refractivity contribution in [3.63, 3.8) is 0 Å². The van der Waals surface area contributed by atoms with Crippen LogP contribution in [0.1, 0.15) is 25.3 Å². The average molecular weight is 384 g/mol. The van der Waals surface area contributed by atoms with Crippen LogP contribution in [0.2, 0.25) is 0 Å². The van der Waals surface area contributed by atoms with Crippen LogP contribution in [0, 0.1) is 6.92 Å². The maximum atomic E-state index is 12.2. The van der Waals surface area contributed by atoms with Gasteiger partial charge in [0.15, 0.2) is 0 Å². The minimum absolute atomic E-state index is 0.0203. The first-order valence-electron chi connectivity index (χ1n) is 9.44. The third-order valence-electron chi connectivity index (χ3n) is 4.08. The van der Waals surface area contributed by atoms with Crippen molar-refractivity contribution in [1.29, 1.82) is 0 Å². The van der Waals surface area contributed by atoms with Crippen molar-refractivity contribution in [2.75, 3.05) is 32.1 Å². The molecule has 6 heteroatoms. The van der Waals surface area contributed by atoms with Crippen LogP contribution >= 0.6 is 0 Å². The van der Waals surface area contributed by atoms with Crippen LogP contribution < -0.4 is 14.8 Å². The first kappa shape index (κ1) is 21.3. The predicted octanol–water partition coefficient (Wildman–Crippen LogP) is 3.65.